The number of piperidine rings is 1. The van der Waals surface area contributed by atoms with Crippen LogP contribution >= 0.6 is 27.3 Å². The number of rotatable bonds is 2. The minimum atomic E-state index is -4.44. The highest BCUT2D eigenvalue weighted by Gasteiger charge is 2.36. The molecule has 0 aliphatic carbocycles. The summed E-state index contributed by atoms with van der Waals surface area (Å²) in [6.07, 6.45) is -1.27. The molecule has 1 saturated heterocycles. The number of carbonyl (C=O) groups excluding carboxylic acids is 1. The summed E-state index contributed by atoms with van der Waals surface area (Å²) in [7, 11) is 0. The Bertz CT molecular complexity index is 1000. The maximum absolute atomic E-state index is 13.0. The molecular formula is C17H14BrF3N4OS. The topological polar surface area (TPSA) is 50.5 Å². The molecule has 3 aromatic rings. The second-order valence-electron chi connectivity index (χ2n) is 6.35. The number of aromatic nitrogens is 3. The number of halogens is 4. The van der Waals surface area contributed by atoms with Gasteiger partial charge in [0.25, 0.3) is 5.91 Å². The summed E-state index contributed by atoms with van der Waals surface area (Å²) in [5.41, 5.74) is 0.218. The molecule has 1 amide bonds. The van der Waals surface area contributed by atoms with Crippen molar-refractivity contribution in [1.29, 1.82) is 0 Å². The van der Waals surface area contributed by atoms with Crippen molar-refractivity contribution in [2.45, 2.75) is 24.9 Å². The van der Waals surface area contributed by atoms with Gasteiger partial charge < -0.3 is 4.90 Å². The highest BCUT2D eigenvalue weighted by Crippen LogP contribution is 2.35. The van der Waals surface area contributed by atoms with E-state index >= 15 is 0 Å². The number of thiazole rings is 1. The Kier molecular flexibility index (Phi) is 4.71. The predicted molar refractivity (Wildman–Crippen MR) is 97.9 cm³/mol. The average Bonchev–Trinajstić information content (AvgIpc) is 3.27. The van der Waals surface area contributed by atoms with E-state index in [-0.39, 0.29) is 11.8 Å². The van der Waals surface area contributed by atoms with Crippen LogP contribution in [0.5, 0.6) is 0 Å². The zero-order chi connectivity index (χ0) is 19.2. The zero-order valence-corrected chi connectivity index (χ0v) is 16.3. The van der Waals surface area contributed by atoms with E-state index in [1.807, 2.05) is 18.2 Å². The summed E-state index contributed by atoms with van der Waals surface area (Å²) >= 11 is 4.44. The van der Waals surface area contributed by atoms with Gasteiger partial charge in [-0.05, 0) is 40.9 Å². The predicted octanol–water partition coefficient (Wildman–Crippen LogP) is 4.59. The Labute approximate surface area is 164 Å². The maximum Gasteiger partial charge on any atom is 0.434 e. The number of hydrogen-bond donors (Lipinski definition) is 0. The third-order valence-corrected chi connectivity index (χ3v) is 6.34. The van der Waals surface area contributed by atoms with E-state index in [1.165, 1.54) is 0 Å². The molecule has 1 aliphatic rings. The molecule has 27 heavy (non-hydrogen) atoms. The van der Waals surface area contributed by atoms with E-state index in [4.69, 9.17) is 0 Å². The van der Waals surface area contributed by atoms with Crippen LogP contribution in [0.2, 0.25) is 0 Å². The lowest BCUT2D eigenvalue weighted by Crippen LogP contribution is -2.39. The van der Waals surface area contributed by atoms with Gasteiger partial charge in [-0.25, -0.2) is 9.50 Å². The van der Waals surface area contributed by atoms with Crippen LogP contribution in [0.15, 0.2) is 34.2 Å². The smallest absolute Gasteiger partial charge is 0.337 e. The number of pyridine rings is 1. The van der Waals surface area contributed by atoms with Crippen molar-refractivity contribution < 1.29 is 18.0 Å². The van der Waals surface area contributed by atoms with Crippen molar-refractivity contribution in [2.75, 3.05) is 13.1 Å². The van der Waals surface area contributed by atoms with Crippen molar-refractivity contribution in [1.82, 2.24) is 19.5 Å². The summed E-state index contributed by atoms with van der Waals surface area (Å²) in [4.78, 5) is 18.4. The molecule has 3 aromatic heterocycles. The van der Waals surface area contributed by atoms with Crippen molar-refractivity contribution in [3.8, 4) is 0 Å². The molecule has 1 aliphatic heterocycles. The Hall–Kier alpha value is -1.94. The van der Waals surface area contributed by atoms with Gasteiger partial charge in [0.1, 0.15) is 0 Å². The number of fused-ring (bicyclic) bond motifs is 1. The van der Waals surface area contributed by atoms with E-state index in [9.17, 15) is 18.0 Å². The molecule has 0 bridgehead atoms. The van der Waals surface area contributed by atoms with E-state index in [0.717, 1.165) is 22.2 Å². The quantitative estimate of drug-likeness (QED) is 0.564. The number of alkyl halides is 3. The molecule has 0 radical (unpaired) electrons. The van der Waals surface area contributed by atoms with Crippen molar-refractivity contribution in [3.05, 3.63) is 50.6 Å². The van der Waals surface area contributed by atoms with Crippen LogP contribution in [0.1, 0.15) is 39.9 Å². The molecule has 0 N–H and O–H groups in total. The fraction of sp³-hybridized carbons (Fsp3) is 0.353. The van der Waals surface area contributed by atoms with Gasteiger partial charge in [0, 0.05) is 30.6 Å². The summed E-state index contributed by atoms with van der Waals surface area (Å²) in [5, 5.41) is 5.80. The van der Waals surface area contributed by atoms with Gasteiger partial charge in [-0.2, -0.15) is 18.3 Å². The van der Waals surface area contributed by atoms with Gasteiger partial charge in [0.15, 0.2) is 11.4 Å². The summed E-state index contributed by atoms with van der Waals surface area (Å²) in [5.74, 6) is -0.428. The lowest BCUT2D eigenvalue weighted by molar-refractivity contribution is -0.140. The van der Waals surface area contributed by atoms with E-state index in [1.54, 1.807) is 15.6 Å². The molecule has 5 nitrogen and oxygen atoms in total. The van der Waals surface area contributed by atoms with Gasteiger partial charge in [-0.15, -0.1) is 11.3 Å². The molecule has 0 aromatic carbocycles. The first-order valence-corrected chi connectivity index (χ1v) is 9.96. The monoisotopic (exact) mass is 458 g/mol. The van der Waals surface area contributed by atoms with Crippen molar-refractivity contribution >= 4 is 38.7 Å². The van der Waals surface area contributed by atoms with Crippen LogP contribution in [-0.2, 0) is 6.18 Å². The number of likely N-dealkylation sites (tertiary alicyclic amines) is 1. The van der Waals surface area contributed by atoms with E-state index in [2.05, 4.69) is 26.0 Å². The standard InChI is InChI=1S/C17H14BrF3N4OS/c18-13-11-5-1-2-7-25(11)23-14(13)16(26)24-6-3-4-10(8-24)15-22-12(9-27-15)17(19,20)21/h1-2,5,7,9-10H,3-4,6,8H2. The number of amides is 1. The molecule has 1 unspecified atom stereocenters. The molecule has 4 rings (SSSR count). The summed E-state index contributed by atoms with van der Waals surface area (Å²) in [6, 6.07) is 5.52. The van der Waals surface area contributed by atoms with Gasteiger partial charge in [0.05, 0.1) is 15.0 Å². The van der Waals surface area contributed by atoms with E-state index < -0.39 is 11.9 Å². The van der Waals surface area contributed by atoms with Crippen LogP contribution in [0.25, 0.3) is 5.52 Å². The molecule has 142 valence electrons. The zero-order valence-electron chi connectivity index (χ0n) is 13.9. The fourth-order valence-electron chi connectivity index (χ4n) is 3.22. The van der Waals surface area contributed by atoms with E-state index in [0.29, 0.717) is 41.1 Å². The molecular weight excluding hydrogens is 445 g/mol. The lowest BCUT2D eigenvalue weighted by Gasteiger charge is -2.31. The Morgan fingerprint density at radius 2 is 2.15 bits per heavy atom. The van der Waals surface area contributed by atoms with Gasteiger partial charge >= 0.3 is 6.18 Å². The third kappa shape index (κ3) is 3.47. The molecule has 1 fully saturated rings. The lowest BCUT2D eigenvalue weighted by atomic mass is 9.98. The Morgan fingerprint density at radius 1 is 1.33 bits per heavy atom. The first kappa shape index (κ1) is 18.4. The maximum atomic E-state index is 13.0. The van der Waals surface area contributed by atoms with Crippen LogP contribution in [0.4, 0.5) is 13.2 Å². The molecule has 10 heteroatoms. The van der Waals surface area contributed by atoms with Crippen LogP contribution in [0.3, 0.4) is 0 Å². The second kappa shape index (κ2) is 6.90. The summed E-state index contributed by atoms with van der Waals surface area (Å²) < 4.78 is 40.6. The highest BCUT2D eigenvalue weighted by atomic mass is 79.9. The largest absolute Gasteiger partial charge is 0.434 e. The first-order valence-electron chi connectivity index (χ1n) is 8.29. The van der Waals surface area contributed by atoms with Crippen LogP contribution < -0.4 is 0 Å². The SMILES string of the molecule is O=C(c1nn2ccccc2c1Br)N1CCCC(c2nc(C(F)(F)F)cs2)C1. The van der Waals surface area contributed by atoms with Crippen LogP contribution in [-0.4, -0.2) is 38.5 Å². The minimum absolute atomic E-state index is 0.195. The fourth-order valence-corrected chi connectivity index (χ4v) is 4.74. The molecule has 1 atom stereocenters. The first-order chi connectivity index (χ1) is 12.8. The second-order valence-corrected chi connectivity index (χ2v) is 8.03. The number of hydrogen-bond acceptors (Lipinski definition) is 4. The minimum Gasteiger partial charge on any atom is -0.337 e. The third-order valence-electron chi connectivity index (χ3n) is 4.55. The van der Waals surface area contributed by atoms with Crippen molar-refractivity contribution in [2.24, 2.45) is 0 Å². The van der Waals surface area contributed by atoms with Crippen LogP contribution in [0, 0.1) is 0 Å². The molecule has 0 saturated carbocycles. The normalized spacial score (nSPS) is 18.2. The van der Waals surface area contributed by atoms with Crippen molar-refractivity contribution in [3.63, 3.8) is 0 Å². The Morgan fingerprint density at radius 3 is 2.85 bits per heavy atom. The van der Waals surface area contributed by atoms with Gasteiger partial charge in [0.2, 0.25) is 0 Å². The average molecular weight is 459 g/mol. The number of nitrogens with zero attached hydrogens (tertiary/aromatic N) is 4. The molecule has 4 heterocycles. The Balaban J connectivity index is 1.56. The molecule has 0 spiro atoms. The number of carbonyl (C=O) groups is 1. The highest BCUT2D eigenvalue weighted by molar-refractivity contribution is 9.10. The van der Waals surface area contributed by atoms with Gasteiger partial charge in [-0.3, -0.25) is 4.79 Å². The van der Waals surface area contributed by atoms with Gasteiger partial charge in [-0.1, -0.05) is 6.07 Å². The summed E-state index contributed by atoms with van der Waals surface area (Å²) in [6.45, 7) is 0.886.